The maximum absolute atomic E-state index is 4.30. The molecule has 0 aliphatic carbocycles. The first-order chi connectivity index (χ1) is 9.83. The van der Waals surface area contributed by atoms with Gasteiger partial charge >= 0.3 is 0 Å². The number of hydrogen-bond acceptors (Lipinski definition) is 6. The van der Waals surface area contributed by atoms with Gasteiger partial charge in [0.05, 0.1) is 5.39 Å². The molecule has 1 atom stereocenters. The molecule has 0 fully saturated rings. The van der Waals surface area contributed by atoms with E-state index in [1.807, 2.05) is 16.8 Å². The van der Waals surface area contributed by atoms with Crippen molar-refractivity contribution in [2.75, 3.05) is 5.32 Å². The lowest BCUT2D eigenvalue weighted by atomic mass is 10.2. The quantitative estimate of drug-likeness (QED) is 0.753. The fraction of sp³-hybridized carbons (Fsp3) is 0.214. The van der Waals surface area contributed by atoms with E-state index < -0.39 is 0 Å². The molecule has 1 N–H and O–H groups in total. The lowest BCUT2D eigenvalue weighted by molar-refractivity contribution is 0.822. The highest BCUT2D eigenvalue weighted by molar-refractivity contribution is 7.16. The van der Waals surface area contributed by atoms with Crippen LogP contribution in [-0.4, -0.2) is 21.0 Å². The molecular formula is C14H12N4S2. The van der Waals surface area contributed by atoms with Crippen molar-refractivity contribution in [2.24, 2.45) is 0 Å². The molecule has 0 spiro atoms. The first-order valence-electron chi connectivity index (χ1n) is 6.16. The van der Waals surface area contributed by atoms with Crippen molar-refractivity contribution in [1.82, 2.24) is 15.0 Å². The topological polar surface area (TPSA) is 50.7 Å². The number of nitrogens with zero attached hydrogens (tertiary/aromatic N) is 3. The zero-order valence-corrected chi connectivity index (χ0v) is 12.5. The highest BCUT2D eigenvalue weighted by Crippen LogP contribution is 2.24. The number of hydrogen-bond donors (Lipinski definition) is 1. The molecule has 100 valence electrons. The Labute approximate surface area is 124 Å². The number of anilines is 1. The molecule has 0 saturated heterocycles. The van der Waals surface area contributed by atoms with Gasteiger partial charge in [-0.25, -0.2) is 15.0 Å². The van der Waals surface area contributed by atoms with E-state index >= 15 is 0 Å². The Hall–Kier alpha value is -1.97. The number of nitrogens with one attached hydrogen (secondary N) is 1. The Morgan fingerprint density at radius 2 is 2.20 bits per heavy atom. The number of thiophene rings is 1. The molecule has 0 saturated carbocycles. The van der Waals surface area contributed by atoms with Gasteiger partial charge in [0, 0.05) is 24.0 Å². The minimum Gasteiger partial charge on any atom is -0.366 e. The molecule has 3 heterocycles. The summed E-state index contributed by atoms with van der Waals surface area (Å²) in [5.41, 5.74) is 0. The average Bonchev–Trinajstić information content (AvgIpc) is 3.09. The predicted molar refractivity (Wildman–Crippen MR) is 84.1 cm³/mol. The van der Waals surface area contributed by atoms with E-state index in [-0.39, 0.29) is 6.04 Å². The molecule has 0 amide bonds. The monoisotopic (exact) mass is 300 g/mol. The number of thiazole rings is 1. The van der Waals surface area contributed by atoms with Crippen molar-refractivity contribution in [3.8, 4) is 11.8 Å². The van der Waals surface area contributed by atoms with E-state index in [4.69, 9.17) is 0 Å². The average molecular weight is 300 g/mol. The van der Waals surface area contributed by atoms with Gasteiger partial charge < -0.3 is 5.32 Å². The van der Waals surface area contributed by atoms with Crippen molar-refractivity contribution in [1.29, 1.82) is 0 Å². The first kappa shape index (κ1) is 13.0. The van der Waals surface area contributed by atoms with Gasteiger partial charge in [-0.05, 0) is 24.3 Å². The summed E-state index contributed by atoms with van der Waals surface area (Å²) in [6, 6.07) is 2.26. The normalized spacial score (nSPS) is 11.8. The molecule has 3 aromatic rings. The zero-order chi connectivity index (χ0) is 13.8. The third kappa shape index (κ3) is 2.95. The molecule has 1 unspecified atom stereocenters. The van der Waals surface area contributed by atoms with Crippen LogP contribution in [0.25, 0.3) is 10.2 Å². The van der Waals surface area contributed by atoms with Gasteiger partial charge in [0.1, 0.15) is 17.0 Å². The molecule has 0 aliphatic rings. The van der Waals surface area contributed by atoms with Gasteiger partial charge in [0.2, 0.25) is 0 Å². The van der Waals surface area contributed by atoms with Crippen LogP contribution in [0.3, 0.4) is 0 Å². The van der Waals surface area contributed by atoms with Crippen LogP contribution in [0.15, 0.2) is 29.4 Å². The van der Waals surface area contributed by atoms with E-state index in [1.54, 1.807) is 35.2 Å². The van der Waals surface area contributed by atoms with Gasteiger partial charge in [-0.2, -0.15) is 0 Å². The molecular weight excluding hydrogens is 288 g/mol. The molecule has 0 bridgehead atoms. The fourth-order valence-corrected chi connectivity index (χ4v) is 2.99. The van der Waals surface area contributed by atoms with E-state index in [1.165, 1.54) is 0 Å². The maximum atomic E-state index is 4.30. The summed E-state index contributed by atoms with van der Waals surface area (Å²) in [6.07, 6.45) is 4.11. The summed E-state index contributed by atoms with van der Waals surface area (Å²) in [5.74, 6) is 7.08. The van der Waals surface area contributed by atoms with Crippen molar-refractivity contribution >= 4 is 38.7 Å². The van der Waals surface area contributed by atoms with E-state index in [0.717, 1.165) is 27.5 Å². The Morgan fingerprint density at radius 3 is 3.05 bits per heavy atom. The van der Waals surface area contributed by atoms with Crippen molar-refractivity contribution in [3.63, 3.8) is 0 Å². The molecule has 3 rings (SSSR count). The zero-order valence-electron chi connectivity index (χ0n) is 10.8. The maximum Gasteiger partial charge on any atom is 0.166 e. The molecule has 3 aromatic heterocycles. The standard InChI is InChI=1S/C14H12N4S2/c1-10(3-2-4-12-15-6-8-19-12)18-13-11-5-7-20-14(11)17-9-16-13/h5-10H,3H2,1H3,(H,16,17,18). The minimum atomic E-state index is 0.223. The van der Waals surface area contributed by atoms with Crippen LogP contribution < -0.4 is 5.32 Å². The minimum absolute atomic E-state index is 0.223. The van der Waals surface area contributed by atoms with Crippen LogP contribution in [0.1, 0.15) is 18.4 Å². The summed E-state index contributed by atoms with van der Waals surface area (Å²) in [4.78, 5) is 13.7. The summed E-state index contributed by atoms with van der Waals surface area (Å²) in [7, 11) is 0. The largest absolute Gasteiger partial charge is 0.366 e. The van der Waals surface area contributed by atoms with E-state index in [0.29, 0.717) is 0 Å². The summed E-state index contributed by atoms with van der Waals surface area (Å²) in [5, 5.41) is 9.27. The molecule has 4 nitrogen and oxygen atoms in total. The Balaban J connectivity index is 1.67. The Bertz CT molecular complexity index is 752. The predicted octanol–water partition coefficient (Wildman–Crippen LogP) is 3.39. The SMILES string of the molecule is CC(CC#Cc1nccs1)Nc1ncnc2sccc12. The van der Waals surface area contributed by atoms with Crippen molar-refractivity contribution in [3.05, 3.63) is 34.4 Å². The van der Waals surface area contributed by atoms with Crippen LogP contribution in [0.5, 0.6) is 0 Å². The highest BCUT2D eigenvalue weighted by atomic mass is 32.1. The fourth-order valence-electron chi connectivity index (χ4n) is 1.75. The smallest absolute Gasteiger partial charge is 0.166 e. The first-order valence-corrected chi connectivity index (χ1v) is 7.92. The van der Waals surface area contributed by atoms with Gasteiger partial charge in [-0.15, -0.1) is 22.7 Å². The van der Waals surface area contributed by atoms with Crippen LogP contribution >= 0.6 is 22.7 Å². The lowest BCUT2D eigenvalue weighted by Gasteiger charge is -2.11. The molecule has 0 radical (unpaired) electrons. The van der Waals surface area contributed by atoms with E-state index in [2.05, 4.69) is 39.0 Å². The summed E-state index contributed by atoms with van der Waals surface area (Å²) >= 11 is 3.18. The Morgan fingerprint density at radius 1 is 1.25 bits per heavy atom. The number of aromatic nitrogens is 3. The third-order valence-corrected chi connectivity index (χ3v) is 4.19. The lowest BCUT2D eigenvalue weighted by Crippen LogP contribution is -2.15. The van der Waals surface area contributed by atoms with Gasteiger partial charge in [0.25, 0.3) is 0 Å². The van der Waals surface area contributed by atoms with Crippen LogP contribution in [0.4, 0.5) is 5.82 Å². The van der Waals surface area contributed by atoms with Crippen LogP contribution in [-0.2, 0) is 0 Å². The summed E-state index contributed by atoms with van der Waals surface area (Å²) < 4.78 is 0. The van der Waals surface area contributed by atoms with Crippen molar-refractivity contribution < 1.29 is 0 Å². The molecule has 0 aliphatic heterocycles. The second-order valence-corrected chi connectivity index (χ2v) is 6.04. The Kier molecular flexibility index (Phi) is 3.90. The number of rotatable bonds is 3. The highest BCUT2D eigenvalue weighted by Gasteiger charge is 2.07. The van der Waals surface area contributed by atoms with Crippen LogP contribution in [0, 0.1) is 11.8 Å². The van der Waals surface area contributed by atoms with Gasteiger partial charge in [-0.1, -0.05) is 5.92 Å². The number of fused-ring (bicyclic) bond motifs is 1. The molecule has 6 heteroatoms. The second-order valence-electron chi connectivity index (χ2n) is 4.25. The third-order valence-electron chi connectivity index (χ3n) is 2.68. The van der Waals surface area contributed by atoms with Crippen LogP contribution in [0.2, 0.25) is 0 Å². The molecule has 20 heavy (non-hydrogen) atoms. The summed E-state index contributed by atoms with van der Waals surface area (Å²) in [6.45, 7) is 2.09. The van der Waals surface area contributed by atoms with Gasteiger partial charge in [-0.3, -0.25) is 0 Å². The molecule has 0 aromatic carbocycles. The van der Waals surface area contributed by atoms with Crippen molar-refractivity contribution in [2.45, 2.75) is 19.4 Å². The second kappa shape index (κ2) is 5.99. The van der Waals surface area contributed by atoms with E-state index in [9.17, 15) is 0 Å². The van der Waals surface area contributed by atoms with Gasteiger partial charge in [0.15, 0.2) is 5.01 Å².